The van der Waals surface area contributed by atoms with E-state index in [0.29, 0.717) is 0 Å². The number of nitrogens with zero attached hydrogens (tertiary/aromatic N) is 2. The van der Waals surface area contributed by atoms with E-state index in [1.165, 1.54) is 18.4 Å². The van der Waals surface area contributed by atoms with Gasteiger partial charge >= 0.3 is 0 Å². The highest BCUT2D eigenvalue weighted by Crippen LogP contribution is 2.21. The molecule has 86 valence electrons. The summed E-state index contributed by atoms with van der Waals surface area (Å²) >= 11 is 0. The first-order valence-corrected chi connectivity index (χ1v) is 5.80. The highest BCUT2D eigenvalue weighted by molar-refractivity contribution is 5.46. The molecule has 0 atom stereocenters. The number of pyridine rings is 1. The van der Waals surface area contributed by atoms with Crippen LogP contribution in [0.1, 0.15) is 18.4 Å². The summed E-state index contributed by atoms with van der Waals surface area (Å²) < 4.78 is 0. The Kier molecular flexibility index (Phi) is 3.57. The molecule has 1 aliphatic carbocycles. The van der Waals surface area contributed by atoms with Crippen LogP contribution in [0.2, 0.25) is 0 Å². The van der Waals surface area contributed by atoms with Crippen LogP contribution < -0.4 is 10.2 Å². The largest absolute Gasteiger partial charge is 0.356 e. The maximum Gasteiger partial charge on any atom is 0.133 e. The molecular formula is C13H19N3. The van der Waals surface area contributed by atoms with Crippen LogP contribution in [-0.2, 0) is 6.54 Å². The Bertz CT molecular complexity index is 358. The first-order valence-electron chi connectivity index (χ1n) is 5.80. The molecule has 3 nitrogen and oxygen atoms in total. The molecule has 0 radical (unpaired) electrons. The van der Waals surface area contributed by atoms with Gasteiger partial charge in [-0.25, -0.2) is 4.98 Å². The summed E-state index contributed by atoms with van der Waals surface area (Å²) in [5.41, 5.74) is 1.26. The maximum atomic E-state index is 4.43. The molecule has 2 rings (SSSR count). The fraction of sp³-hybridized carbons (Fsp3) is 0.462. The van der Waals surface area contributed by atoms with Gasteiger partial charge in [-0.2, -0.15) is 0 Å². The molecule has 1 aromatic heterocycles. The molecule has 1 aliphatic rings. The summed E-state index contributed by atoms with van der Waals surface area (Å²) in [6.07, 6.45) is 6.37. The summed E-state index contributed by atoms with van der Waals surface area (Å²) in [5, 5.41) is 3.52. The minimum Gasteiger partial charge on any atom is -0.356 e. The third-order valence-corrected chi connectivity index (χ3v) is 2.79. The molecule has 1 fully saturated rings. The van der Waals surface area contributed by atoms with Crippen LogP contribution in [0.15, 0.2) is 31.0 Å². The second-order valence-corrected chi connectivity index (χ2v) is 4.31. The van der Waals surface area contributed by atoms with Gasteiger partial charge in [-0.05, 0) is 18.9 Å². The van der Waals surface area contributed by atoms with E-state index in [0.717, 1.165) is 24.9 Å². The number of anilines is 1. The zero-order valence-corrected chi connectivity index (χ0v) is 9.82. The highest BCUT2D eigenvalue weighted by Gasteiger charge is 2.20. The molecular weight excluding hydrogens is 198 g/mol. The smallest absolute Gasteiger partial charge is 0.133 e. The molecule has 0 amide bonds. The second-order valence-electron chi connectivity index (χ2n) is 4.31. The lowest BCUT2D eigenvalue weighted by molar-refractivity contribution is 0.684. The van der Waals surface area contributed by atoms with Crippen LogP contribution in [0.3, 0.4) is 0 Å². The summed E-state index contributed by atoms with van der Waals surface area (Å²) in [6.45, 7) is 5.49. The van der Waals surface area contributed by atoms with Crippen LogP contribution in [0.5, 0.6) is 0 Å². The lowest BCUT2D eigenvalue weighted by Crippen LogP contribution is -2.22. The van der Waals surface area contributed by atoms with Crippen molar-refractivity contribution >= 4 is 5.82 Å². The summed E-state index contributed by atoms with van der Waals surface area (Å²) in [7, 11) is 2.05. The van der Waals surface area contributed by atoms with E-state index in [1.807, 2.05) is 25.4 Å². The third kappa shape index (κ3) is 2.83. The average molecular weight is 217 g/mol. The van der Waals surface area contributed by atoms with Crippen molar-refractivity contribution in [1.29, 1.82) is 0 Å². The number of nitrogens with one attached hydrogen (secondary N) is 1. The lowest BCUT2D eigenvalue weighted by atomic mass is 10.2. The standard InChI is InChI=1S/C13H19N3/c1-3-9-16(2)13-11(5-4-8-14-13)10-15-12-6-7-12/h3-5,8,12,15H,1,6-7,9-10H2,2H3. The molecule has 0 aromatic carbocycles. The average Bonchev–Trinajstić information content (AvgIpc) is 3.11. The topological polar surface area (TPSA) is 28.2 Å². The highest BCUT2D eigenvalue weighted by atomic mass is 15.2. The Morgan fingerprint density at radius 1 is 1.62 bits per heavy atom. The summed E-state index contributed by atoms with van der Waals surface area (Å²) in [5.74, 6) is 1.05. The minimum atomic E-state index is 0.734. The van der Waals surface area contributed by atoms with E-state index in [2.05, 4.69) is 27.8 Å². The molecule has 0 spiro atoms. The van der Waals surface area contributed by atoms with Crippen molar-refractivity contribution in [2.24, 2.45) is 0 Å². The molecule has 0 saturated heterocycles. The van der Waals surface area contributed by atoms with E-state index in [9.17, 15) is 0 Å². The fourth-order valence-corrected chi connectivity index (χ4v) is 1.73. The van der Waals surface area contributed by atoms with Gasteiger partial charge in [-0.1, -0.05) is 12.1 Å². The molecule has 1 saturated carbocycles. The van der Waals surface area contributed by atoms with Gasteiger partial charge in [0.1, 0.15) is 5.82 Å². The molecule has 3 heteroatoms. The van der Waals surface area contributed by atoms with Gasteiger partial charge in [-0.3, -0.25) is 0 Å². The van der Waals surface area contributed by atoms with Crippen molar-refractivity contribution in [3.05, 3.63) is 36.5 Å². The molecule has 1 aromatic rings. The number of hydrogen-bond acceptors (Lipinski definition) is 3. The molecule has 0 bridgehead atoms. The predicted octanol–water partition coefficient (Wildman–Crippen LogP) is 1.96. The van der Waals surface area contributed by atoms with E-state index in [-0.39, 0.29) is 0 Å². The fourth-order valence-electron chi connectivity index (χ4n) is 1.73. The van der Waals surface area contributed by atoms with E-state index < -0.39 is 0 Å². The zero-order valence-electron chi connectivity index (χ0n) is 9.82. The van der Waals surface area contributed by atoms with Crippen LogP contribution in [0.4, 0.5) is 5.82 Å². The predicted molar refractivity (Wildman–Crippen MR) is 67.6 cm³/mol. The van der Waals surface area contributed by atoms with Crippen molar-refractivity contribution in [3.8, 4) is 0 Å². The minimum absolute atomic E-state index is 0.734. The Morgan fingerprint density at radius 3 is 3.12 bits per heavy atom. The number of aromatic nitrogens is 1. The van der Waals surface area contributed by atoms with Gasteiger partial charge in [0.2, 0.25) is 0 Å². The van der Waals surface area contributed by atoms with Gasteiger partial charge in [0.15, 0.2) is 0 Å². The molecule has 16 heavy (non-hydrogen) atoms. The Labute approximate surface area is 97.2 Å². The third-order valence-electron chi connectivity index (χ3n) is 2.79. The summed E-state index contributed by atoms with van der Waals surface area (Å²) in [6, 6.07) is 4.87. The van der Waals surface area contributed by atoms with E-state index in [1.54, 1.807) is 0 Å². The van der Waals surface area contributed by atoms with Crippen molar-refractivity contribution in [2.75, 3.05) is 18.5 Å². The van der Waals surface area contributed by atoms with Gasteiger partial charge in [-0.15, -0.1) is 6.58 Å². The molecule has 1 N–H and O–H groups in total. The van der Waals surface area contributed by atoms with Gasteiger partial charge in [0.05, 0.1) is 0 Å². The first-order chi connectivity index (χ1) is 7.81. The van der Waals surface area contributed by atoms with Crippen molar-refractivity contribution in [2.45, 2.75) is 25.4 Å². The van der Waals surface area contributed by atoms with Crippen molar-refractivity contribution < 1.29 is 0 Å². The lowest BCUT2D eigenvalue weighted by Gasteiger charge is -2.19. The molecule has 0 aliphatic heterocycles. The zero-order chi connectivity index (χ0) is 11.4. The summed E-state index contributed by atoms with van der Waals surface area (Å²) in [4.78, 5) is 6.56. The van der Waals surface area contributed by atoms with Crippen molar-refractivity contribution in [3.63, 3.8) is 0 Å². The van der Waals surface area contributed by atoms with E-state index >= 15 is 0 Å². The van der Waals surface area contributed by atoms with Crippen LogP contribution in [0.25, 0.3) is 0 Å². The monoisotopic (exact) mass is 217 g/mol. The Hall–Kier alpha value is -1.35. The quantitative estimate of drug-likeness (QED) is 0.738. The number of rotatable bonds is 6. The van der Waals surface area contributed by atoms with Crippen LogP contribution in [0, 0.1) is 0 Å². The van der Waals surface area contributed by atoms with Gasteiger partial charge < -0.3 is 10.2 Å². The normalized spacial score (nSPS) is 14.8. The first kappa shape index (κ1) is 11.1. The van der Waals surface area contributed by atoms with E-state index in [4.69, 9.17) is 0 Å². The Morgan fingerprint density at radius 2 is 2.44 bits per heavy atom. The number of likely N-dealkylation sites (N-methyl/N-ethyl adjacent to an activating group) is 1. The molecule has 1 heterocycles. The van der Waals surface area contributed by atoms with Crippen LogP contribution >= 0.6 is 0 Å². The van der Waals surface area contributed by atoms with Gasteiger partial charge in [0.25, 0.3) is 0 Å². The maximum absolute atomic E-state index is 4.43. The van der Waals surface area contributed by atoms with Crippen molar-refractivity contribution in [1.82, 2.24) is 10.3 Å². The van der Waals surface area contributed by atoms with Gasteiger partial charge in [0, 0.05) is 37.9 Å². The number of hydrogen-bond donors (Lipinski definition) is 1. The van der Waals surface area contributed by atoms with Crippen LogP contribution in [-0.4, -0.2) is 24.6 Å². The second kappa shape index (κ2) is 5.12. The Balaban J connectivity index is 2.05. The SMILES string of the molecule is C=CCN(C)c1ncccc1CNC1CC1. The molecule has 0 unspecified atom stereocenters.